The highest BCUT2D eigenvalue weighted by Crippen LogP contribution is 2.08. The molecule has 108 valence electrons. The van der Waals surface area contributed by atoms with Gasteiger partial charge in [-0.05, 0) is 24.3 Å². The van der Waals surface area contributed by atoms with Crippen LogP contribution in [0.2, 0.25) is 0 Å². The zero-order valence-electron chi connectivity index (χ0n) is 11.0. The van der Waals surface area contributed by atoms with Gasteiger partial charge >= 0.3 is 11.9 Å². The highest BCUT2D eigenvalue weighted by molar-refractivity contribution is 5.91. The lowest BCUT2D eigenvalue weighted by atomic mass is 10.3. The van der Waals surface area contributed by atoms with Gasteiger partial charge in [0.1, 0.15) is 11.5 Å². The summed E-state index contributed by atoms with van der Waals surface area (Å²) in [5.74, 6) is -1.19. The molecule has 0 aromatic heterocycles. The van der Waals surface area contributed by atoms with E-state index in [9.17, 15) is 9.59 Å². The third-order valence-electron chi connectivity index (χ3n) is 2.08. The molecular weight excluding hydrogens is 272 g/mol. The van der Waals surface area contributed by atoms with Crippen molar-refractivity contribution < 1.29 is 24.5 Å². The Bertz CT molecular complexity index is 591. The number of esters is 1. The molecule has 0 aliphatic carbocycles. The fourth-order valence-electron chi connectivity index (χ4n) is 1.21. The lowest BCUT2D eigenvalue weighted by Crippen LogP contribution is -2.04. The normalized spacial score (nSPS) is 9.52. The van der Waals surface area contributed by atoms with Gasteiger partial charge in [0, 0.05) is 12.2 Å². The second-order valence-electron chi connectivity index (χ2n) is 3.74. The van der Waals surface area contributed by atoms with E-state index in [0.717, 1.165) is 12.2 Å². The minimum atomic E-state index is -1.19. The highest BCUT2D eigenvalue weighted by Gasteiger charge is 1.99. The minimum absolute atomic E-state index is 0.322. The third-order valence-corrected chi connectivity index (χ3v) is 2.08. The van der Waals surface area contributed by atoms with E-state index in [0.29, 0.717) is 11.5 Å². The summed E-state index contributed by atoms with van der Waals surface area (Å²) < 4.78 is 4.78. The number of aromatic hydroxyl groups is 1. The number of para-hydroxylation sites is 2. The molecule has 2 rings (SSSR count). The molecule has 0 atom stereocenters. The van der Waals surface area contributed by atoms with E-state index in [1.807, 2.05) is 6.07 Å². The maximum absolute atomic E-state index is 10.9. The standard InChI is InChI=1S/C10H8O4.C6H6O/c11-9(12)6-7-10(13)14-8-4-2-1-3-5-8;7-6-4-2-1-3-5-6/h1-7H,(H,11,12);1-5,7H/b7-6-;. The number of benzene rings is 2. The number of carboxylic acid groups (broad SMARTS) is 1. The lowest BCUT2D eigenvalue weighted by Gasteiger charge is -1.98. The molecule has 0 saturated carbocycles. The fraction of sp³-hybridized carbons (Fsp3) is 0. The Labute approximate surface area is 121 Å². The Morgan fingerprint density at radius 1 is 0.857 bits per heavy atom. The van der Waals surface area contributed by atoms with E-state index in [-0.39, 0.29) is 0 Å². The second kappa shape index (κ2) is 8.92. The average Bonchev–Trinajstić information content (AvgIpc) is 2.48. The zero-order valence-corrected chi connectivity index (χ0v) is 11.0. The van der Waals surface area contributed by atoms with Gasteiger partial charge in [-0.25, -0.2) is 9.59 Å². The minimum Gasteiger partial charge on any atom is -0.508 e. The Morgan fingerprint density at radius 2 is 1.38 bits per heavy atom. The van der Waals surface area contributed by atoms with Crippen molar-refractivity contribution in [3.05, 3.63) is 72.8 Å². The molecule has 0 heterocycles. The van der Waals surface area contributed by atoms with Gasteiger partial charge in [0.15, 0.2) is 0 Å². The Hall–Kier alpha value is -3.08. The second-order valence-corrected chi connectivity index (χ2v) is 3.74. The molecule has 2 aromatic carbocycles. The first-order valence-electron chi connectivity index (χ1n) is 6.00. The molecule has 0 radical (unpaired) electrons. The van der Waals surface area contributed by atoms with Crippen molar-refractivity contribution in [3.8, 4) is 11.5 Å². The number of aliphatic carboxylic acids is 1. The molecule has 0 amide bonds. The summed E-state index contributed by atoms with van der Waals surface area (Å²) in [5.41, 5.74) is 0. The molecule has 2 N–H and O–H groups in total. The van der Waals surface area contributed by atoms with E-state index in [2.05, 4.69) is 0 Å². The molecule has 0 spiro atoms. The summed E-state index contributed by atoms with van der Waals surface area (Å²) in [6, 6.07) is 17.1. The molecule has 0 unspecified atom stereocenters. The first-order chi connectivity index (χ1) is 10.1. The van der Waals surface area contributed by atoms with Crippen LogP contribution in [-0.2, 0) is 9.59 Å². The maximum atomic E-state index is 10.9. The van der Waals surface area contributed by atoms with Crippen LogP contribution in [-0.4, -0.2) is 22.2 Å². The summed E-state index contributed by atoms with van der Waals surface area (Å²) in [7, 11) is 0. The van der Waals surface area contributed by atoms with E-state index in [4.69, 9.17) is 14.9 Å². The number of carbonyl (C=O) groups is 2. The topological polar surface area (TPSA) is 83.8 Å². The highest BCUT2D eigenvalue weighted by atomic mass is 16.5. The van der Waals surface area contributed by atoms with E-state index in [1.54, 1.807) is 54.6 Å². The van der Waals surface area contributed by atoms with Crippen molar-refractivity contribution in [3.63, 3.8) is 0 Å². The van der Waals surface area contributed by atoms with E-state index in [1.165, 1.54) is 0 Å². The molecule has 5 heteroatoms. The van der Waals surface area contributed by atoms with Crippen LogP contribution in [0.3, 0.4) is 0 Å². The maximum Gasteiger partial charge on any atom is 0.336 e. The monoisotopic (exact) mass is 286 g/mol. The summed E-state index contributed by atoms with van der Waals surface area (Å²) in [6.07, 6.45) is 1.58. The quantitative estimate of drug-likeness (QED) is 0.515. The summed E-state index contributed by atoms with van der Waals surface area (Å²) in [6.45, 7) is 0. The predicted molar refractivity (Wildman–Crippen MR) is 77.0 cm³/mol. The lowest BCUT2D eigenvalue weighted by molar-refractivity contribution is -0.133. The summed E-state index contributed by atoms with van der Waals surface area (Å²) in [5, 5.41) is 16.9. The molecule has 5 nitrogen and oxygen atoms in total. The number of hydrogen-bond acceptors (Lipinski definition) is 4. The Balaban J connectivity index is 0.000000262. The zero-order chi connectivity index (χ0) is 15.5. The van der Waals surface area contributed by atoms with Crippen molar-refractivity contribution in [2.45, 2.75) is 0 Å². The number of hydrogen-bond donors (Lipinski definition) is 2. The van der Waals surface area contributed by atoms with Gasteiger partial charge in [-0.15, -0.1) is 0 Å². The molecule has 0 fully saturated rings. The van der Waals surface area contributed by atoms with Crippen molar-refractivity contribution in [1.29, 1.82) is 0 Å². The van der Waals surface area contributed by atoms with Crippen LogP contribution < -0.4 is 4.74 Å². The fourth-order valence-corrected chi connectivity index (χ4v) is 1.21. The van der Waals surface area contributed by atoms with Gasteiger partial charge in [-0.2, -0.15) is 0 Å². The van der Waals surface area contributed by atoms with Gasteiger partial charge in [-0.1, -0.05) is 36.4 Å². The molecule has 0 aliphatic heterocycles. The van der Waals surface area contributed by atoms with Gasteiger partial charge in [0.25, 0.3) is 0 Å². The van der Waals surface area contributed by atoms with Crippen LogP contribution in [0.4, 0.5) is 0 Å². The largest absolute Gasteiger partial charge is 0.508 e. The van der Waals surface area contributed by atoms with Crippen molar-refractivity contribution >= 4 is 11.9 Å². The molecule has 21 heavy (non-hydrogen) atoms. The van der Waals surface area contributed by atoms with Crippen LogP contribution in [0.25, 0.3) is 0 Å². The van der Waals surface area contributed by atoms with Crippen molar-refractivity contribution in [1.82, 2.24) is 0 Å². The van der Waals surface area contributed by atoms with Crippen LogP contribution in [0.5, 0.6) is 11.5 Å². The van der Waals surface area contributed by atoms with Crippen molar-refractivity contribution in [2.24, 2.45) is 0 Å². The number of carboxylic acids is 1. The number of phenols is 1. The smallest absolute Gasteiger partial charge is 0.336 e. The molecule has 0 bridgehead atoms. The van der Waals surface area contributed by atoms with Crippen LogP contribution in [0, 0.1) is 0 Å². The summed E-state index contributed by atoms with van der Waals surface area (Å²) >= 11 is 0. The van der Waals surface area contributed by atoms with Crippen molar-refractivity contribution in [2.75, 3.05) is 0 Å². The number of rotatable bonds is 3. The first kappa shape index (κ1) is 16.0. The average molecular weight is 286 g/mol. The Morgan fingerprint density at radius 3 is 1.81 bits per heavy atom. The van der Waals surface area contributed by atoms with Gasteiger partial charge in [0.2, 0.25) is 0 Å². The van der Waals surface area contributed by atoms with Gasteiger partial charge in [-0.3, -0.25) is 0 Å². The molecule has 0 aliphatic rings. The van der Waals surface area contributed by atoms with Crippen LogP contribution >= 0.6 is 0 Å². The summed E-state index contributed by atoms with van der Waals surface area (Å²) in [4.78, 5) is 21.0. The molecule has 2 aromatic rings. The number of ether oxygens (including phenoxy) is 1. The van der Waals surface area contributed by atoms with Gasteiger partial charge in [0.05, 0.1) is 0 Å². The van der Waals surface area contributed by atoms with E-state index >= 15 is 0 Å². The Kier molecular flexibility index (Phi) is 6.79. The SMILES string of the molecule is O=C(O)/C=C\C(=O)Oc1ccccc1.Oc1ccccc1. The first-order valence-corrected chi connectivity index (χ1v) is 6.00. The van der Waals surface area contributed by atoms with Crippen LogP contribution in [0.15, 0.2) is 72.8 Å². The number of phenolic OH excluding ortho intramolecular Hbond substituents is 1. The van der Waals surface area contributed by atoms with Crippen LogP contribution in [0.1, 0.15) is 0 Å². The molecular formula is C16H14O5. The third kappa shape index (κ3) is 7.84. The van der Waals surface area contributed by atoms with Gasteiger partial charge < -0.3 is 14.9 Å². The predicted octanol–water partition coefficient (Wildman–Crippen LogP) is 2.63. The number of carbonyl (C=O) groups excluding carboxylic acids is 1. The van der Waals surface area contributed by atoms with E-state index < -0.39 is 11.9 Å². The molecule has 0 saturated heterocycles.